The van der Waals surface area contributed by atoms with Gasteiger partial charge in [-0.25, -0.2) is 0 Å². The molecule has 2 N–H and O–H groups in total. The van der Waals surface area contributed by atoms with Gasteiger partial charge in [0.2, 0.25) is 0 Å². The number of ether oxygens (including phenoxy) is 1. The third-order valence-electron chi connectivity index (χ3n) is 4.76. The van der Waals surface area contributed by atoms with E-state index in [2.05, 4.69) is 16.8 Å². The van der Waals surface area contributed by atoms with E-state index in [9.17, 15) is 14.9 Å². The minimum Gasteiger partial charge on any atom is -0.484 e. The van der Waals surface area contributed by atoms with Gasteiger partial charge in [-0.3, -0.25) is 19.7 Å². The summed E-state index contributed by atoms with van der Waals surface area (Å²) in [6.07, 6.45) is 0. The molecular weight excluding hydrogens is 356 g/mol. The number of aromatic nitrogens is 1. The van der Waals surface area contributed by atoms with Crippen molar-refractivity contribution in [2.75, 3.05) is 12.0 Å². The van der Waals surface area contributed by atoms with Crippen molar-refractivity contribution in [3.8, 4) is 11.8 Å². The van der Waals surface area contributed by atoms with Crippen molar-refractivity contribution in [3.63, 3.8) is 0 Å². The van der Waals surface area contributed by atoms with Crippen molar-refractivity contribution in [2.45, 2.75) is 40.2 Å². The first kappa shape index (κ1) is 21.0. The summed E-state index contributed by atoms with van der Waals surface area (Å²) in [7, 11) is 0. The maximum absolute atomic E-state index is 12.4. The average Bonchev–Trinajstić information content (AvgIpc) is 2.98. The van der Waals surface area contributed by atoms with Crippen LogP contribution in [0.4, 0.5) is 0 Å². The molecule has 0 radical (unpaired) electrons. The van der Waals surface area contributed by atoms with Gasteiger partial charge in [-0.2, -0.15) is 5.26 Å². The lowest BCUT2D eigenvalue weighted by Crippen LogP contribution is -2.50. The highest BCUT2D eigenvalue weighted by Gasteiger charge is 2.30. The van der Waals surface area contributed by atoms with Gasteiger partial charge < -0.3 is 10.1 Å². The second-order valence-electron chi connectivity index (χ2n) is 7.22. The van der Waals surface area contributed by atoms with Crippen molar-refractivity contribution in [2.24, 2.45) is 5.92 Å². The summed E-state index contributed by atoms with van der Waals surface area (Å²) >= 11 is 0. The number of nitrogens with one attached hydrogen (secondary N) is 2. The van der Waals surface area contributed by atoms with Crippen LogP contribution in [0.2, 0.25) is 0 Å². The summed E-state index contributed by atoms with van der Waals surface area (Å²) in [5.41, 5.74) is 4.22. The number of benzene rings is 1. The van der Waals surface area contributed by atoms with E-state index in [1.54, 1.807) is 35.9 Å². The molecule has 148 valence electrons. The molecule has 0 saturated carbocycles. The average molecular weight is 382 g/mol. The highest BCUT2D eigenvalue weighted by molar-refractivity contribution is 6.00. The Morgan fingerprint density at radius 3 is 2.21 bits per heavy atom. The van der Waals surface area contributed by atoms with Gasteiger partial charge in [0, 0.05) is 17.0 Å². The van der Waals surface area contributed by atoms with Gasteiger partial charge in [0.05, 0.1) is 6.07 Å². The van der Waals surface area contributed by atoms with Crippen LogP contribution in [0.5, 0.6) is 5.75 Å². The Kier molecular flexibility index (Phi) is 6.47. The normalized spacial score (nSPS) is 12.8. The van der Waals surface area contributed by atoms with Crippen molar-refractivity contribution in [1.29, 1.82) is 5.26 Å². The summed E-state index contributed by atoms with van der Waals surface area (Å²) in [5, 5.41) is 11.9. The minimum atomic E-state index is -0.947. The van der Waals surface area contributed by atoms with Crippen LogP contribution in [0.25, 0.3) is 0 Å². The summed E-state index contributed by atoms with van der Waals surface area (Å²) in [5.74, 6) is -0.193. The largest absolute Gasteiger partial charge is 0.484 e. The van der Waals surface area contributed by atoms with Crippen LogP contribution in [0, 0.1) is 31.1 Å². The third-order valence-corrected chi connectivity index (χ3v) is 4.76. The minimum absolute atomic E-state index is 0.0354. The number of carbonyl (C=O) groups excluding carboxylic acids is 2. The third kappa shape index (κ3) is 4.92. The Morgan fingerprint density at radius 1 is 1.14 bits per heavy atom. The molecule has 7 nitrogen and oxygen atoms in total. The van der Waals surface area contributed by atoms with Gasteiger partial charge in [-0.15, -0.1) is 0 Å². The van der Waals surface area contributed by atoms with E-state index in [4.69, 9.17) is 4.74 Å². The van der Waals surface area contributed by atoms with E-state index >= 15 is 0 Å². The molecule has 28 heavy (non-hydrogen) atoms. The topological polar surface area (TPSA) is 96.2 Å². The molecule has 1 atom stereocenters. The first-order chi connectivity index (χ1) is 13.2. The van der Waals surface area contributed by atoms with Crippen LogP contribution >= 0.6 is 0 Å². The molecule has 0 aliphatic rings. The molecule has 0 unspecified atom stereocenters. The molecule has 1 aromatic carbocycles. The molecule has 2 rings (SSSR count). The number of aryl methyl sites for hydroxylation is 2. The summed E-state index contributed by atoms with van der Waals surface area (Å²) in [6.45, 7) is 9.02. The Hall–Kier alpha value is -3.27. The van der Waals surface area contributed by atoms with E-state index in [0.717, 1.165) is 11.4 Å². The fourth-order valence-electron chi connectivity index (χ4n) is 2.49. The zero-order chi connectivity index (χ0) is 20.9. The molecule has 0 bridgehead atoms. The lowest BCUT2D eigenvalue weighted by atomic mass is 9.90. The quantitative estimate of drug-likeness (QED) is 0.769. The van der Waals surface area contributed by atoms with Crippen LogP contribution in [0.1, 0.15) is 42.5 Å². The van der Waals surface area contributed by atoms with Crippen LogP contribution in [0.15, 0.2) is 36.4 Å². The molecule has 1 heterocycles. The molecule has 0 aliphatic heterocycles. The number of hydrogen-bond acceptors (Lipinski definition) is 4. The van der Waals surface area contributed by atoms with E-state index in [0.29, 0.717) is 11.3 Å². The highest BCUT2D eigenvalue weighted by Crippen LogP contribution is 2.16. The maximum Gasteiger partial charge on any atom is 0.270 e. The van der Waals surface area contributed by atoms with Crippen LogP contribution in [0.3, 0.4) is 0 Å². The van der Waals surface area contributed by atoms with E-state index < -0.39 is 5.54 Å². The van der Waals surface area contributed by atoms with Gasteiger partial charge in [0.25, 0.3) is 11.8 Å². The summed E-state index contributed by atoms with van der Waals surface area (Å²) in [6, 6.07) is 12.5. The molecule has 0 spiro atoms. The predicted octanol–water partition coefficient (Wildman–Crippen LogP) is 2.92. The van der Waals surface area contributed by atoms with Gasteiger partial charge in [-0.05, 0) is 63.1 Å². The highest BCUT2D eigenvalue weighted by atomic mass is 16.5. The van der Waals surface area contributed by atoms with E-state index in [1.807, 2.05) is 39.8 Å². The maximum atomic E-state index is 12.4. The van der Waals surface area contributed by atoms with Crippen molar-refractivity contribution < 1.29 is 14.3 Å². The molecule has 0 fully saturated rings. The lowest BCUT2D eigenvalue weighted by molar-refractivity contribution is -0.124. The zero-order valence-corrected chi connectivity index (χ0v) is 16.9. The Morgan fingerprint density at radius 2 is 1.71 bits per heavy atom. The molecule has 0 aliphatic carbocycles. The van der Waals surface area contributed by atoms with Crippen LogP contribution < -0.4 is 15.5 Å². The first-order valence-corrected chi connectivity index (χ1v) is 9.07. The van der Waals surface area contributed by atoms with Crippen LogP contribution in [-0.2, 0) is 4.79 Å². The number of hydrogen-bond donors (Lipinski definition) is 2. The molecular formula is C21H26N4O3. The van der Waals surface area contributed by atoms with Gasteiger partial charge in [0.1, 0.15) is 11.3 Å². The fraction of sp³-hybridized carbons (Fsp3) is 0.381. The molecule has 7 heteroatoms. The van der Waals surface area contributed by atoms with Crippen LogP contribution in [-0.4, -0.2) is 28.6 Å². The number of amides is 2. The summed E-state index contributed by atoms with van der Waals surface area (Å²) < 4.78 is 7.18. The predicted molar refractivity (Wildman–Crippen MR) is 107 cm³/mol. The molecule has 2 aromatic rings. The van der Waals surface area contributed by atoms with Gasteiger partial charge >= 0.3 is 0 Å². The SMILES string of the molecule is Cc1ccc(C)n1NC(=O)c1ccc(OCC(=O)N[C@@](C)(C#N)C(C)C)cc1. The number of rotatable bonds is 7. The number of nitrogens with zero attached hydrogens (tertiary/aromatic N) is 2. The summed E-state index contributed by atoms with van der Waals surface area (Å²) in [4.78, 5) is 24.4. The smallest absolute Gasteiger partial charge is 0.270 e. The standard InChI is InChI=1S/C21H26N4O3/c1-14(2)21(5,13-22)23-19(26)12-28-18-10-8-17(9-11-18)20(27)24-25-15(3)6-7-16(25)4/h6-11,14H,12H2,1-5H3,(H,23,26)(H,24,27)/t21-/m0/s1. The Bertz CT molecular complexity index is 874. The second kappa shape index (κ2) is 8.61. The molecule has 2 amide bonds. The van der Waals surface area contributed by atoms with E-state index in [1.165, 1.54) is 0 Å². The Labute approximate surface area is 165 Å². The first-order valence-electron chi connectivity index (χ1n) is 9.07. The number of nitriles is 1. The van der Waals surface area contributed by atoms with Crippen molar-refractivity contribution in [3.05, 3.63) is 53.3 Å². The number of carbonyl (C=O) groups is 2. The lowest BCUT2D eigenvalue weighted by Gasteiger charge is -2.27. The molecule has 1 aromatic heterocycles. The van der Waals surface area contributed by atoms with Crippen molar-refractivity contribution in [1.82, 2.24) is 9.99 Å². The van der Waals surface area contributed by atoms with E-state index in [-0.39, 0.29) is 24.3 Å². The molecule has 0 saturated heterocycles. The van der Waals surface area contributed by atoms with Gasteiger partial charge in [-0.1, -0.05) is 13.8 Å². The monoisotopic (exact) mass is 382 g/mol. The van der Waals surface area contributed by atoms with Gasteiger partial charge in [0.15, 0.2) is 6.61 Å². The second-order valence-corrected chi connectivity index (χ2v) is 7.22. The zero-order valence-electron chi connectivity index (χ0n) is 16.9. The fourth-order valence-corrected chi connectivity index (χ4v) is 2.49. The Balaban J connectivity index is 1.93. The van der Waals surface area contributed by atoms with Crippen molar-refractivity contribution >= 4 is 11.8 Å².